The van der Waals surface area contributed by atoms with E-state index in [1.54, 1.807) is 29.9 Å². The number of aryl methyl sites for hydroxylation is 2. The molecule has 0 aliphatic carbocycles. The largest absolute Gasteiger partial charge is 0.436 e. The number of ether oxygens (including phenoxy) is 1. The van der Waals surface area contributed by atoms with Crippen molar-refractivity contribution in [3.05, 3.63) is 35.5 Å². The molecule has 0 bridgehead atoms. The summed E-state index contributed by atoms with van der Waals surface area (Å²) in [5, 5.41) is 4.30. The number of benzene rings is 1. The minimum atomic E-state index is -0.173. The number of rotatable bonds is 1. The quantitative estimate of drug-likeness (QED) is 0.743. The Bertz CT molecular complexity index is 740. The third-order valence-electron chi connectivity index (χ3n) is 3.23. The summed E-state index contributed by atoms with van der Waals surface area (Å²) in [6.07, 6.45) is 5.39. The minimum absolute atomic E-state index is 0.173. The number of amides is 1. The fourth-order valence-corrected chi connectivity index (χ4v) is 2.38. The molecule has 1 aliphatic heterocycles. The van der Waals surface area contributed by atoms with Crippen LogP contribution in [0.4, 0.5) is 5.69 Å². The van der Waals surface area contributed by atoms with Gasteiger partial charge in [0.2, 0.25) is 5.88 Å². The summed E-state index contributed by atoms with van der Waals surface area (Å²) in [5.74, 6) is 3.38. The molecule has 0 radical (unpaired) electrons. The number of hydrogen-bond acceptors (Lipinski definition) is 3. The Morgan fingerprint density at radius 3 is 2.90 bits per heavy atom. The molecule has 100 valence electrons. The highest BCUT2D eigenvalue weighted by atomic mass is 16.5. The first-order chi connectivity index (χ1) is 9.63. The summed E-state index contributed by atoms with van der Waals surface area (Å²) in [6, 6.07) is 7.12. The summed E-state index contributed by atoms with van der Waals surface area (Å²) < 4.78 is 7.49. The summed E-state index contributed by atoms with van der Waals surface area (Å²) in [7, 11) is 1.78. The minimum Gasteiger partial charge on any atom is -0.436 e. The van der Waals surface area contributed by atoms with Crippen LogP contribution >= 0.6 is 0 Å². The van der Waals surface area contributed by atoms with Crippen LogP contribution in [0.2, 0.25) is 0 Å². The van der Waals surface area contributed by atoms with Gasteiger partial charge >= 0.3 is 0 Å². The number of aromatic nitrogens is 2. The van der Waals surface area contributed by atoms with Crippen molar-refractivity contribution in [2.75, 3.05) is 11.4 Å². The van der Waals surface area contributed by atoms with Gasteiger partial charge in [0.05, 0.1) is 17.8 Å². The van der Waals surface area contributed by atoms with E-state index in [2.05, 4.69) is 11.0 Å². The maximum atomic E-state index is 12.7. The Morgan fingerprint density at radius 1 is 1.40 bits per heavy atom. The second kappa shape index (κ2) is 4.42. The SMILES string of the molecule is C#CCN1C(=O)c2ccccc2Oc2c1c(C)nn2C. The van der Waals surface area contributed by atoms with Gasteiger partial charge in [0.15, 0.2) is 0 Å². The molecule has 1 aliphatic rings. The fourth-order valence-electron chi connectivity index (χ4n) is 2.38. The van der Waals surface area contributed by atoms with Crippen molar-refractivity contribution in [1.29, 1.82) is 0 Å². The van der Waals surface area contributed by atoms with Crippen LogP contribution in [-0.2, 0) is 7.05 Å². The second-order valence-corrected chi connectivity index (χ2v) is 4.56. The Morgan fingerprint density at radius 2 is 2.15 bits per heavy atom. The maximum absolute atomic E-state index is 12.7. The van der Waals surface area contributed by atoms with Crippen LogP contribution in [0.1, 0.15) is 16.1 Å². The van der Waals surface area contributed by atoms with Crippen molar-refractivity contribution in [2.45, 2.75) is 6.92 Å². The highest BCUT2D eigenvalue weighted by molar-refractivity contribution is 6.10. The van der Waals surface area contributed by atoms with Gasteiger partial charge in [-0.25, -0.2) is 4.68 Å². The van der Waals surface area contributed by atoms with E-state index in [-0.39, 0.29) is 12.5 Å². The van der Waals surface area contributed by atoms with Crippen LogP contribution < -0.4 is 9.64 Å². The summed E-state index contributed by atoms with van der Waals surface area (Å²) in [4.78, 5) is 14.2. The van der Waals surface area contributed by atoms with Gasteiger partial charge in [0.1, 0.15) is 11.4 Å². The van der Waals surface area contributed by atoms with Crippen molar-refractivity contribution in [3.8, 4) is 24.0 Å². The first kappa shape index (κ1) is 12.3. The molecule has 3 rings (SSSR count). The van der Waals surface area contributed by atoms with E-state index in [1.807, 2.05) is 13.0 Å². The molecule has 0 saturated heterocycles. The first-order valence-electron chi connectivity index (χ1n) is 6.19. The highest BCUT2D eigenvalue weighted by Gasteiger charge is 2.31. The fraction of sp³-hybridized carbons (Fsp3) is 0.200. The molecule has 1 aromatic carbocycles. The van der Waals surface area contributed by atoms with E-state index < -0.39 is 0 Å². The average molecular weight is 267 g/mol. The molecule has 20 heavy (non-hydrogen) atoms. The van der Waals surface area contributed by atoms with Gasteiger partial charge in [-0.3, -0.25) is 9.69 Å². The molecule has 2 aromatic rings. The molecular formula is C15H13N3O2. The second-order valence-electron chi connectivity index (χ2n) is 4.56. The lowest BCUT2D eigenvalue weighted by Crippen LogP contribution is -2.30. The summed E-state index contributed by atoms with van der Waals surface area (Å²) >= 11 is 0. The third kappa shape index (κ3) is 1.66. The summed E-state index contributed by atoms with van der Waals surface area (Å²) in [6.45, 7) is 2.00. The van der Waals surface area contributed by atoms with E-state index in [0.29, 0.717) is 28.6 Å². The molecule has 0 atom stereocenters. The van der Waals surface area contributed by atoms with Crippen LogP contribution in [-0.4, -0.2) is 22.2 Å². The zero-order valence-corrected chi connectivity index (χ0v) is 11.3. The zero-order valence-electron chi connectivity index (χ0n) is 11.3. The number of nitrogens with zero attached hydrogens (tertiary/aromatic N) is 3. The molecule has 5 heteroatoms. The van der Waals surface area contributed by atoms with E-state index in [4.69, 9.17) is 11.2 Å². The van der Waals surface area contributed by atoms with Gasteiger partial charge in [-0.1, -0.05) is 18.1 Å². The average Bonchev–Trinajstić information content (AvgIpc) is 2.63. The monoisotopic (exact) mass is 267 g/mol. The predicted octanol–water partition coefficient (Wildman–Crippen LogP) is 2.11. The molecule has 0 saturated carbocycles. The zero-order chi connectivity index (χ0) is 14.3. The van der Waals surface area contributed by atoms with Crippen LogP contribution in [0.5, 0.6) is 11.6 Å². The normalized spacial score (nSPS) is 13.1. The highest BCUT2D eigenvalue weighted by Crippen LogP contribution is 2.40. The van der Waals surface area contributed by atoms with Gasteiger partial charge in [0, 0.05) is 7.05 Å². The number of anilines is 1. The molecule has 0 unspecified atom stereocenters. The van der Waals surface area contributed by atoms with Crippen LogP contribution in [0.25, 0.3) is 0 Å². The molecule has 0 fully saturated rings. The van der Waals surface area contributed by atoms with Crippen LogP contribution in [0.15, 0.2) is 24.3 Å². The van der Waals surface area contributed by atoms with Crippen molar-refractivity contribution in [2.24, 2.45) is 7.05 Å². The van der Waals surface area contributed by atoms with Gasteiger partial charge in [-0.2, -0.15) is 5.10 Å². The van der Waals surface area contributed by atoms with Gasteiger partial charge in [0.25, 0.3) is 5.91 Å². The number of carbonyl (C=O) groups excluding carboxylic acids is 1. The molecule has 1 amide bonds. The van der Waals surface area contributed by atoms with Gasteiger partial charge < -0.3 is 4.74 Å². The number of para-hydroxylation sites is 1. The lowest BCUT2D eigenvalue weighted by atomic mass is 10.1. The third-order valence-corrected chi connectivity index (χ3v) is 3.23. The van der Waals surface area contributed by atoms with E-state index in [9.17, 15) is 4.79 Å². The molecular weight excluding hydrogens is 254 g/mol. The molecule has 1 aromatic heterocycles. The van der Waals surface area contributed by atoms with E-state index >= 15 is 0 Å². The molecule has 0 N–H and O–H groups in total. The Kier molecular flexibility index (Phi) is 2.72. The number of terminal acetylenes is 1. The summed E-state index contributed by atoms with van der Waals surface area (Å²) in [5.41, 5.74) is 1.84. The standard InChI is InChI=1S/C15H13N3O2/c1-4-9-18-13-10(2)16-17(3)15(13)20-12-8-6-5-7-11(12)14(18)19/h1,5-8H,9H2,2-3H3. The Labute approximate surface area is 116 Å². The first-order valence-corrected chi connectivity index (χ1v) is 6.19. The molecule has 2 heterocycles. The maximum Gasteiger partial charge on any atom is 0.263 e. The van der Waals surface area contributed by atoms with Crippen molar-refractivity contribution >= 4 is 11.6 Å². The van der Waals surface area contributed by atoms with Gasteiger partial charge in [-0.15, -0.1) is 6.42 Å². The molecule has 5 nitrogen and oxygen atoms in total. The van der Waals surface area contributed by atoms with Crippen LogP contribution in [0.3, 0.4) is 0 Å². The van der Waals surface area contributed by atoms with Crippen molar-refractivity contribution < 1.29 is 9.53 Å². The van der Waals surface area contributed by atoms with Crippen LogP contribution in [0, 0.1) is 19.3 Å². The predicted molar refractivity (Wildman–Crippen MR) is 75.0 cm³/mol. The smallest absolute Gasteiger partial charge is 0.263 e. The lowest BCUT2D eigenvalue weighted by molar-refractivity contribution is 0.0990. The Balaban J connectivity index is 2.27. The Hall–Kier alpha value is -2.74. The van der Waals surface area contributed by atoms with Crippen molar-refractivity contribution in [1.82, 2.24) is 9.78 Å². The lowest BCUT2D eigenvalue weighted by Gasteiger charge is -2.17. The van der Waals surface area contributed by atoms with Gasteiger partial charge in [-0.05, 0) is 19.1 Å². The van der Waals surface area contributed by atoms with E-state index in [0.717, 1.165) is 0 Å². The number of hydrogen-bond donors (Lipinski definition) is 0. The van der Waals surface area contributed by atoms with Crippen molar-refractivity contribution in [3.63, 3.8) is 0 Å². The van der Waals surface area contributed by atoms with E-state index in [1.165, 1.54) is 4.90 Å². The number of fused-ring (bicyclic) bond motifs is 2. The topological polar surface area (TPSA) is 47.4 Å². The molecule has 0 spiro atoms. The number of carbonyl (C=O) groups is 1.